The third-order valence-electron chi connectivity index (χ3n) is 4.58. The van der Waals surface area contributed by atoms with Crippen LogP contribution >= 0.6 is 0 Å². The number of furan rings is 1. The van der Waals surface area contributed by atoms with E-state index in [1.807, 2.05) is 12.1 Å². The fourth-order valence-corrected chi connectivity index (χ4v) is 3.35. The van der Waals surface area contributed by atoms with Gasteiger partial charge in [0, 0.05) is 0 Å². The summed E-state index contributed by atoms with van der Waals surface area (Å²) in [4.78, 5) is 18.3. The zero-order valence-corrected chi connectivity index (χ0v) is 12.3. The topological polar surface area (TPSA) is 71.8 Å². The third kappa shape index (κ3) is 3.28. The minimum atomic E-state index is -0.290. The first-order valence-corrected chi connectivity index (χ1v) is 7.91. The Morgan fingerprint density at radius 1 is 1.29 bits per heavy atom. The SMILES string of the molecule is NC1=NC(CCC2CCCCC2)C(=O)N1Cc1ccco1. The quantitative estimate of drug-likeness (QED) is 0.905. The van der Waals surface area contributed by atoms with Crippen molar-refractivity contribution in [2.75, 3.05) is 0 Å². The van der Waals surface area contributed by atoms with Gasteiger partial charge in [-0.25, -0.2) is 4.99 Å². The van der Waals surface area contributed by atoms with Crippen molar-refractivity contribution in [3.8, 4) is 0 Å². The van der Waals surface area contributed by atoms with E-state index < -0.39 is 0 Å². The highest BCUT2D eigenvalue weighted by atomic mass is 16.3. The standard InChI is InChI=1S/C16H23N3O2/c17-16-18-14(9-8-12-5-2-1-3-6-12)15(20)19(16)11-13-7-4-10-21-13/h4,7,10,12,14H,1-3,5-6,8-9,11H2,(H2,17,18). The maximum Gasteiger partial charge on any atom is 0.254 e. The number of amides is 1. The second-order valence-electron chi connectivity index (χ2n) is 6.09. The Hall–Kier alpha value is -1.78. The van der Waals surface area contributed by atoms with E-state index in [0.717, 1.165) is 24.5 Å². The molecule has 0 saturated heterocycles. The van der Waals surface area contributed by atoms with Crippen molar-refractivity contribution in [3.63, 3.8) is 0 Å². The zero-order valence-electron chi connectivity index (χ0n) is 12.3. The fourth-order valence-electron chi connectivity index (χ4n) is 3.35. The first kappa shape index (κ1) is 14.2. The van der Waals surface area contributed by atoms with E-state index in [1.54, 1.807) is 6.26 Å². The summed E-state index contributed by atoms with van der Waals surface area (Å²) in [7, 11) is 0. The van der Waals surface area contributed by atoms with Gasteiger partial charge in [-0.2, -0.15) is 0 Å². The van der Waals surface area contributed by atoms with Crippen molar-refractivity contribution in [1.29, 1.82) is 0 Å². The second-order valence-corrected chi connectivity index (χ2v) is 6.09. The fraction of sp³-hybridized carbons (Fsp3) is 0.625. The molecule has 5 heteroatoms. The van der Waals surface area contributed by atoms with Crippen LogP contribution in [0.2, 0.25) is 0 Å². The molecule has 2 N–H and O–H groups in total. The first-order valence-electron chi connectivity index (χ1n) is 7.91. The van der Waals surface area contributed by atoms with Crippen molar-refractivity contribution in [1.82, 2.24) is 4.90 Å². The van der Waals surface area contributed by atoms with E-state index in [4.69, 9.17) is 10.2 Å². The number of nitrogens with zero attached hydrogens (tertiary/aromatic N) is 2. The summed E-state index contributed by atoms with van der Waals surface area (Å²) >= 11 is 0. The van der Waals surface area contributed by atoms with Crippen molar-refractivity contribution < 1.29 is 9.21 Å². The van der Waals surface area contributed by atoms with Gasteiger partial charge in [0.15, 0.2) is 5.96 Å². The molecule has 3 rings (SSSR count). The number of guanidine groups is 1. The van der Waals surface area contributed by atoms with Gasteiger partial charge in [-0.15, -0.1) is 0 Å². The zero-order chi connectivity index (χ0) is 14.7. The van der Waals surface area contributed by atoms with Gasteiger partial charge in [-0.1, -0.05) is 32.1 Å². The Bertz CT molecular complexity index is 504. The molecule has 2 aliphatic rings. The molecule has 0 radical (unpaired) electrons. The monoisotopic (exact) mass is 289 g/mol. The van der Waals surface area contributed by atoms with Gasteiger partial charge in [-0.05, 0) is 30.9 Å². The lowest BCUT2D eigenvalue weighted by Gasteiger charge is -2.22. The molecule has 1 aromatic heterocycles. The highest BCUT2D eigenvalue weighted by Gasteiger charge is 2.33. The molecule has 1 amide bonds. The molecule has 21 heavy (non-hydrogen) atoms. The number of carbonyl (C=O) groups excluding carboxylic acids is 1. The van der Waals surface area contributed by atoms with Crippen LogP contribution in [0.3, 0.4) is 0 Å². The summed E-state index contributed by atoms with van der Waals surface area (Å²) in [5.74, 6) is 1.83. The number of nitrogens with two attached hydrogens (primary N) is 1. The molecule has 0 spiro atoms. The lowest BCUT2D eigenvalue weighted by molar-refractivity contribution is -0.128. The van der Waals surface area contributed by atoms with Gasteiger partial charge in [0.25, 0.3) is 5.91 Å². The average molecular weight is 289 g/mol. The molecular weight excluding hydrogens is 266 g/mol. The smallest absolute Gasteiger partial charge is 0.254 e. The minimum Gasteiger partial charge on any atom is -0.467 e. The van der Waals surface area contributed by atoms with Crippen LogP contribution in [0, 0.1) is 5.92 Å². The lowest BCUT2D eigenvalue weighted by atomic mass is 9.85. The van der Waals surface area contributed by atoms with E-state index >= 15 is 0 Å². The number of aliphatic imine (C=N–C) groups is 1. The summed E-state index contributed by atoms with van der Waals surface area (Å²) in [6.07, 6.45) is 10.1. The normalized spacial score (nSPS) is 23.6. The minimum absolute atomic E-state index is 0.0136. The molecule has 1 aromatic rings. The van der Waals surface area contributed by atoms with E-state index in [9.17, 15) is 4.79 Å². The molecule has 1 saturated carbocycles. The van der Waals surface area contributed by atoms with Crippen LogP contribution in [0.5, 0.6) is 0 Å². The summed E-state index contributed by atoms with van der Waals surface area (Å²) in [5.41, 5.74) is 5.90. The maximum absolute atomic E-state index is 12.4. The maximum atomic E-state index is 12.4. The van der Waals surface area contributed by atoms with Crippen LogP contribution in [0.15, 0.2) is 27.8 Å². The Balaban J connectivity index is 1.54. The summed E-state index contributed by atoms with van der Waals surface area (Å²) in [6, 6.07) is 3.36. The predicted molar refractivity (Wildman–Crippen MR) is 80.5 cm³/mol. The number of carbonyl (C=O) groups is 1. The van der Waals surface area contributed by atoms with E-state index in [1.165, 1.54) is 37.0 Å². The molecule has 0 aromatic carbocycles. The van der Waals surface area contributed by atoms with Gasteiger partial charge < -0.3 is 10.2 Å². The van der Waals surface area contributed by atoms with Crippen molar-refractivity contribution in [2.45, 2.75) is 57.5 Å². The second kappa shape index (κ2) is 6.33. The Morgan fingerprint density at radius 3 is 2.81 bits per heavy atom. The van der Waals surface area contributed by atoms with Crippen LogP contribution in [-0.2, 0) is 11.3 Å². The van der Waals surface area contributed by atoms with Crippen LogP contribution < -0.4 is 5.73 Å². The van der Waals surface area contributed by atoms with E-state index in [0.29, 0.717) is 12.5 Å². The molecule has 114 valence electrons. The largest absolute Gasteiger partial charge is 0.467 e. The molecule has 2 heterocycles. The Labute approximate surface area is 125 Å². The van der Waals surface area contributed by atoms with Crippen LogP contribution in [0.25, 0.3) is 0 Å². The molecule has 5 nitrogen and oxygen atoms in total. The molecule has 1 unspecified atom stereocenters. The number of hydrogen-bond donors (Lipinski definition) is 1. The van der Waals surface area contributed by atoms with Crippen molar-refractivity contribution in [2.24, 2.45) is 16.6 Å². The molecule has 1 aliphatic heterocycles. The highest BCUT2D eigenvalue weighted by Crippen LogP contribution is 2.29. The molecule has 0 bridgehead atoms. The van der Waals surface area contributed by atoms with Crippen molar-refractivity contribution >= 4 is 11.9 Å². The molecule has 1 aliphatic carbocycles. The highest BCUT2D eigenvalue weighted by molar-refractivity contribution is 6.04. The van der Waals surface area contributed by atoms with E-state index in [-0.39, 0.29) is 11.9 Å². The van der Waals surface area contributed by atoms with Crippen LogP contribution in [-0.4, -0.2) is 22.8 Å². The number of hydrogen-bond acceptors (Lipinski definition) is 4. The molecule has 1 fully saturated rings. The van der Waals surface area contributed by atoms with Crippen molar-refractivity contribution in [3.05, 3.63) is 24.2 Å². The number of rotatable bonds is 5. The van der Waals surface area contributed by atoms with Gasteiger partial charge in [0.05, 0.1) is 12.8 Å². The van der Waals surface area contributed by atoms with Gasteiger partial charge in [0.1, 0.15) is 11.8 Å². The van der Waals surface area contributed by atoms with Crippen LogP contribution in [0.4, 0.5) is 0 Å². The lowest BCUT2D eigenvalue weighted by Crippen LogP contribution is -2.38. The summed E-state index contributed by atoms with van der Waals surface area (Å²) < 4.78 is 5.28. The van der Waals surface area contributed by atoms with Gasteiger partial charge in [-0.3, -0.25) is 9.69 Å². The summed E-state index contributed by atoms with van der Waals surface area (Å²) in [6.45, 7) is 0.376. The Morgan fingerprint density at radius 2 is 2.10 bits per heavy atom. The first-order chi connectivity index (χ1) is 10.2. The van der Waals surface area contributed by atoms with E-state index in [2.05, 4.69) is 4.99 Å². The summed E-state index contributed by atoms with van der Waals surface area (Å²) in [5, 5.41) is 0. The predicted octanol–water partition coefficient (Wildman–Crippen LogP) is 2.67. The third-order valence-corrected chi connectivity index (χ3v) is 4.58. The Kier molecular flexibility index (Phi) is 4.27. The molecular formula is C16H23N3O2. The average Bonchev–Trinajstić information content (AvgIpc) is 3.10. The van der Waals surface area contributed by atoms with Gasteiger partial charge in [0.2, 0.25) is 0 Å². The van der Waals surface area contributed by atoms with Gasteiger partial charge >= 0.3 is 0 Å². The van der Waals surface area contributed by atoms with Crippen LogP contribution in [0.1, 0.15) is 50.7 Å². The molecule has 1 atom stereocenters.